The van der Waals surface area contributed by atoms with Crippen LogP contribution in [0.15, 0.2) is 18.2 Å². The minimum Gasteiger partial charge on any atom is -0.462 e. The van der Waals surface area contributed by atoms with Crippen LogP contribution < -0.4 is 10.6 Å². The second kappa shape index (κ2) is 6.13. The average Bonchev–Trinajstić information content (AvgIpc) is 2.29. The molecule has 0 atom stereocenters. The Morgan fingerprint density at radius 1 is 1.41 bits per heavy atom. The van der Waals surface area contributed by atoms with Gasteiger partial charge < -0.3 is 15.4 Å². The molecule has 4 nitrogen and oxygen atoms in total. The summed E-state index contributed by atoms with van der Waals surface area (Å²) >= 11 is 0. The molecule has 2 N–H and O–H groups in total. The highest BCUT2D eigenvalue weighted by Crippen LogP contribution is 2.23. The summed E-state index contributed by atoms with van der Waals surface area (Å²) in [5.74, 6) is -0.322. The van der Waals surface area contributed by atoms with Crippen LogP contribution in [0.25, 0.3) is 0 Å². The van der Waals surface area contributed by atoms with Crippen LogP contribution in [0.4, 0.5) is 11.4 Å². The number of nitrogens with zero attached hydrogens (tertiary/aromatic N) is 1. The third kappa shape index (κ3) is 3.37. The van der Waals surface area contributed by atoms with Crippen molar-refractivity contribution in [2.75, 3.05) is 30.8 Å². The maximum atomic E-state index is 11.8. The number of hydrogen-bond donors (Lipinski definition) is 1. The molecule has 0 bridgehead atoms. The first-order valence-electron chi connectivity index (χ1n) is 5.87. The van der Waals surface area contributed by atoms with Gasteiger partial charge in [0.05, 0.1) is 17.9 Å². The molecule has 0 saturated carbocycles. The lowest BCUT2D eigenvalue weighted by Crippen LogP contribution is -2.21. The molecule has 17 heavy (non-hydrogen) atoms. The van der Waals surface area contributed by atoms with E-state index >= 15 is 0 Å². The van der Waals surface area contributed by atoms with Crippen molar-refractivity contribution < 1.29 is 9.53 Å². The van der Waals surface area contributed by atoms with Crippen LogP contribution >= 0.6 is 0 Å². The van der Waals surface area contributed by atoms with Gasteiger partial charge in [-0.1, -0.05) is 6.92 Å². The van der Waals surface area contributed by atoms with Gasteiger partial charge in [-0.15, -0.1) is 0 Å². The van der Waals surface area contributed by atoms with Crippen molar-refractivity contribution in [2.24, 2.45) is 0 Å². The minimum absolute atomic E-state index is 0.322. The number of rotatable bonds is 5. The molecule has 0 unspecified atom stereocenters. The van der Waals surface area contributed by atoms with Gasteiger partial charge in [-0.2, -0.15) is 0 Å². The lowest BCUT2D eigenvalue weighted by Gasteiger charge is -2.21. The zero-order valence-electron chi connectivity index (χ0n) is 10.7. The van der Waals surface area contributed by atoms with Gasteiger partial charge in [0, 0.05) is 19.3 Å². The van der Waals surface area contributed by atoms with Crippen molar-refractivity contribution in [3.63, 3.8) is 0 Å². The van der Waals surface area contributed by atoms with Gasteiger partial charge in [-0.25, -0.2) is 4.79 Å². The maximum absolute atomic E-state index is 11.8. The van der Waals surface area contributed by atoms with Gasteiger partial charge in [0.25, 0.3) is 0 Å². The number of carbonyl (C=O) groups is 1. The van der Waals surface area contributed by atoms with E-state index < -0.39 is 0 Å². The van der Waals surface area contributed by atoms with Crippen molar-refractivity contribution in [3.05, 3.63) is 23.8 Å². The number of carbonyl (C=O) groups excluding carboxylic acids is 1. The van der Waals surface area contributed by atoms with Crippen LogP contribution in [-0.4, -0.2) is 26.2 Å². The van der Waals surface area contributed by atoms with Crippen LogP contribution in [-0.2, 0) is 4.74 Å². The molecule has 0 heterocycles. The van der Waals surface area contributed by atoms with E-state index in [0.717, 1.165) is 18.7 Å². The first-order valence-corrected chi connectivity index (χ1v) is 5.87. The summed E-state index contributed by atoms with van der Waals surface area (Å²) < 4.78 is 5.03. The molecule has 0 aliphatic rings. The van der Waals surface area contributed by atoms with E-state index in [1.165, 1.54) is 0 Å². The molecule has 1 aromatic carbocycles. The summed E-state index contributed by atoms with van der Waals surface area (Å²) in [5.41, 5.74) is 7.67. The molecular formula is C13H20N2O2. The Bertz CT molecular complexity index is 391. The zero-order chi connectivity index (χ0) is 12.8. The Labute approximate surface area is 102 Å². The SMILES string of the molecule is CCCN(C)c1ccc(N)cc1C(=O)OCC. The molecule has 1 rings (SSSR count). The normalized spacial score (nSPS) is 10.1. The number of anilines is 2. The lowest BCUT2D eigenvalue weighted by molar-refractivity contribution is 0.0527. The van der Waals surface area contributed by atoms with Crippen molar-refractivity contribution >= 4 is 17.3 Å². The highest BCUT2D eigenvalue weighted by atomic mass is 16.5. The summed E-state index contributed by atoms with van der Waals surface area (Å²) in [6, 6.07) is 5.32. The Kier molecular flexibility index (Phi) is 4.82. The summed E-state index contributed by atoms with van der Waals surface area (Å²) in [4.78, 5) is 13.9. The number of nitrogens with two attached hydrogens (primary N) is 1. The predicted octanol–water partition coefficient (Wildman–Crippen LogP) is 2.29. The number of benzene rings is 1. The van der Waals surface area contributed by atoms with E-state index in [1.807, 2.05) is 18.0 Å². The van der Waals surface area contributed by atoms with Crippen molar-refractivity contribution in [3.8, 4) is 0 Å². The van der Waals surface area contributed by atoms with Crippen molar-refractivity contribution in [1.29, 1.82) is 0 Å². The first kappa shape index (κ1) is 13.4. The molecule has 94 valence electrons. The van der Waals surface area contributed by atoms with E-state index in [4.69, 9.17) is 10.5 Å². The molecule has 1 aromatic rings. The van der Waals surface area contributed by atoms with E-state index in [9.17, 15) is 4.79 Å². The zero-order valence-corrected chi connectivity index (χ0v) is 10.7. The third-order valence-corrected chi connectivity index (χ3v) is 2.49. The second-order valence-corrected chi connectivity index (χ2v) is 3.92. The number of nitrogen functional groups attached to an aromatic ring is 1. The van der Waals surface area contributed by atoms with E-state index in [1.54, 1.807) is 19.1 Å². The average molecular weight is 236 g/mol. The molecular weight excluding hydrogens is 216 g/mol. The molecule has 0 fully saturated rings. The van der Waals surface area contributed by atoms with E-state index in [0.29, 0.717) is 17.9 Å². The van der Waals surface area contributed by atoms with Gasteiger partial charge in [0.2, 0.25) is 0 Å². The molecule has 0 spiro atoms. The quantitative estimate of drug-likeness (QED) is 0.629. The third-order valence-electron chi connectivity index (χ3n) is 2.49. The van der Waals surface area contributed by atoms with Crippen LogP contribution in [0.3, 0.4) is 0 Å². The Morgan fingerprint density at radius 2 is 2.12 bits per heavy atom. The standard InChI is InChI=1S/C13H20N2O2/c1-4-8-15(3)12-7-6-10(14)9-11(12)13(16)17-5-2/h6-7,9H,4-5,8,14H2,1-3H3. The summed E-state index contributed by atoms with van der Waals surface area (Å²) in [6.45, 7) is 5.14. The molecule has 0 aliphatic carbocycles. The molecule has 0 aliphatic heterocycles. The van der Waals surface area contributed by atoms with Gasteiger partial charge in [-0.05, 0) is 31.5 Å². The first-order chi connectivity index (χ1) is 8.10. The molecule has 0 aromatic heterocycles. The summed E-state index contributed by atoms with van der Waals surface area (Å²) in [7, 11) is 1.96. The minimum atomic E-state index is -0.322. The molecule has 0 amide bonds. The lowest BCUT2D eigenvalue weighted by atomic mass is 10.1. The predicted molar refractivity (Wildman–Crippen MR) is 70.4 cm³/mol. The fourth-order valence-corrected chi connectivity index (χ4v) is 1.71. The summed E-state index contributed by atoms with van der Waals surface area (Å²) in [6.07, 6.45) is 1.02. The van der Waals surface area contributed by atoms with Gasteiger partial charge in [-0.3, -0.25) is 0 Å². The molecule has 0 saturated heterocycles. The fourth-order valence-electron chi connectivity index (χ4n) is 1.71. The van der Waals surface area contributed by atoms with Crippen molar-refractivity contribution in [1.82, 2.24) is 0 Å². The van der Waals surface area contributed by atoms with Gasteiger partial charge in [0.1, 0.15) is 0 Å². The Hall–Kier alpha value is -1.71. The highest BCUT2D eigenvalue weighted by Gasteiger charge is 2.15. The molecule has 4 heteroatoms. The van der Waals surface area contributed by atoms with Crippen LogP contribution in [0.1, 0.15) is 30.6 Å². The van der Waals surface area contributed by atoms with Crippen molar-refractivity contribution in [2.45, 2.75) is 20.3 Å². The number of hydrogen-bond acceptors (Lipinski definition) is 4. The highest BCUT2D eigenvalue weighted by molar-refractivity contribution is 5.97. The van der Waals surface area contributed by atoms with Crippen LogP contribution in [0.2, 0.25) is 0 Å². The topological polar surface area (TPSA) is 55.6 Å². The smallest absolute Gasteiger partial charge is 0.340 e. The molecule has 0 radical (unpaired) electrons. The van der Waals surface area contributed by atoms with Gasteiger partial charge >= 0.3 is 5.97 Å². The maximum Gasteiger partial charge on any atom is 0.340 e. The Morgan fingerprint density at radius 3 is 2.71 bits per heavy atom. The van der Waals surface area contributed by atoms with Crippen LogP contribution in [0, 0.1) is 0 Å². The Balaban J connectivity index is 3.07. The monoisotopic (exact) mass is 236 g/mol. The number of esters is 1. The van der Waals surface area contributed by atoms with E-state index in [2.05, 4.69) is 6.92 Å². The largest absolute Gasteiger partial charge is 0.462 e. The fraction of sp³-hybridized carbons (Fsp3) is 0.462. The van der Waals surface area contributed by atoms with Gasteiger partial charge in [0.15, 0.2) is 0 Å². The van der Waals surface area contributed by atoms with Crippen LogP contribution in [0.5, 0.6) is 0 Å². The van der Waals surface area contributed by atoms with E-state index in [-0.39, 0.29) is 5.97 Å². The summed E-state index contributed by atoms with van der Waals surface area (Å²) in [5, 5.41) is 0. The second-order valence-electron chi connectivity index (χ2n) is 3.92. The number of ether oxygens (including phenoxy) is 1.